The average molecular weight is 349 g/mol. The van der Waals surface area contributed by atoms with Crippen LogP contribution in [0.5, 0.6) is 0 Å². The van der Waals surface area contributed by atoms with Crippen LogP contribution in [0.3, 0.4) is 0 Å². The largest absolute Gasteiger partial charge is 0.454 e. The van der Waals surface area contributed by atoms with Gasteiger partial charge in [-0.3, -0.25) is 9.78 Å². The summed E-state index contributed by atoms with van der Waals surface area (Å²) < 4.78 is 6.08. The lowest BCUT2D eigenvalue weighted by Crippen LogP contribution is -2.01. The van der Waals surface area contributed by atoms with Gasteiger partial charge in [0.25, 0.3) is 0 Å². The van der Waals surface area contributed by atoms with Gasteiger partial charge >= 0.3 is 0 Å². The van der Waals surface area contributed by atoms with Crippen LogP contribution in [0, 0.1) is 0 Å². The van der Waals surface area contributed by atoms with Crippen LogP contribution in [0.15, 0.2) is 100 Å². The molecule has 5 rings (SSSR count). The van der Waals surface area contributed by atoms with Crippen molar-refractivity contribution < 1.29 is 4.42 Å². The van der Waals surface area contributed by atoms with Crippen LogP contribution in [0.1, 0.15) is 0 Å². The Morgan fingerprint density at radius 1 is 0.704 bits per heavy atom. The van der Waals surface area contributed by atoms with Gasteiger partial charge in [-0.05, 0) is 34.7 Å². The van der Waals surface area contributed by atoms with E-state index in [0.29, 0.717) is 22.4 Å². The van der Waals surface area contributed by atoms with Gasteiger partial charge in [0.2, 0.25) is 0 Å². The number of pyridine rings is 1. The third-order valence-corrected chi connectivity index (χ3v) is 4.72. The summed E-state index contributed by atoms with van der Waals surface area (Å²) in [5.41, 5.74) is 3.23. The topological polar surface area (TPSA) is 43.1 Å². The number of fused-ring (bicyclic) bond motifs is 2. The predicted molar refractivity (Wildman–Crippen MR) is 109 cm³/mol. The second-order valence-corrected chi connectivity index (χ2v) is 6.47. The molecule has 27 heavy (non-hydrogen) atoms. The van der Waals surface area contributed by atoms with Crippen LogP contribution in [0.25, 0.3) is 44.3 Å². The van der Waals surface area contributed by atoms with Crippen molar-refractivity contribution in [1.29, 1.82) is 0 Å². The zero-order valence-corrected chi connectivity index (χ0v) is 14.4. The number of hydrogen-bond donors (Lipinski definition) is 0. The molecule has 3 aromatic carbocycles. The van der Waals surface area contributed by atoms with Gasteiger partial charge < -0.3 is 4.42 Å². The van der Waals surface area contributed by atoms with Crippen molar-refractivity contribution in [2.45, 2.75) is 0 Å². The fourth-order valence-corrected chi connectivity index (χ4v) is 3.31. The fourth-order valence-electron chi connectivity index (χ4n) is 3.31. The van der Waals surface area contributed by atoms with E-state index in [0.717, 1.165) is 21.9 Å². The molecule has 0 spiro atoms. The highest BCUT2D eigenvalue weighted by atomic mass is 16.3. The zero-order valence-electron chi connectivity index (χ0n) is 14.4. The van der Waals surface area contributed by atoms with Crippen LogP contribution < -0.4 is 5.43 Å². The maximum Gasteiger partial charge on any atom is 0.193 e. The van der Waals surface area contributed by atoms with Crippen molar-refractivity contribution in [1.82, 2.24) is 4.98 Å². The maximum atomic E-state index is 12.6. The van der Waals surface area contributed by atoms with Crippen molar-refractivity contribution in [2.24, 2.45) is 0 Å². The molecule has 0 radical (unpaired) electrons. The van der Waals surface area contributed by atoms with Crippen LogP contribution in [0.2, 0.25) is 0 Å². The minimum Gasteiger partial charge on any atom is -0.454 e. The molecule has 0 aliphatic heterocycles. The lowest BCUT2D eigenvalue weighted by atomic mass is 10.0. The van der Waals surface area contributed by atoms with Gasteiger partial charge in [-0.15, -0.1) is 0 Å². The Labute approximate surface area is 155 Å². The van der Waals surface area contributed by atoms with E-state index in [1.165, 1.54) is 6.07 Å². The van der Waals surface area contributed by atoms with Crippen molar-refractivity contribution in [3.05, 3.63) is 101 Å². The molecule has 0 aliphatic rings. The summed E-state index contributed by atoms with van der Waals surface area (Å²) in [6.45, 7) is 0. The molecule has 0 fully saturated rings. The summed E-state index contributed by atoms with van der Waals surface area (Å²) >= 11 is 0. The van der Waals surface area contributed by atoms with E-state index >= 15 is 0 Å². The second-order valence-electron chi connectivity index (χ2n) is 6.47. The molecule has 128 valence electrons. The van der Waals surface area contributed by atoms with Gasteiger partial charge in [0.1, 0.15) is 11.3 Å². The van der Waals surface area contributed by atoms with E-state index < -0.39 is 0 Å². The van der Waals surface area contributed by atoms with Gasteiger partial charge in [-0.1, -0.05) is 60.7 Å². The smallest absolute Gasteiger partial charge is 0.193 e. The molecule has 5 aromatic rings. The lowest BCUT2D eigenvalue weighted by Gasteiger charge is -2.06. The molecule has 0 aliphatic carbocycles. The summed E-state index contributed by atoms with van der Waals surface area (Å²) in [6, 6.07) is 27.2. The van der Waals surface area contributed by atoms with Crippen molar-refractivity contribution >= 4 is 21.7 Å². The molecule has 0 N–H and O–H groups in total. The van der Waals surface area contributed by atoms with E-state index in [4.69, 9.17) is 4.42 Å². The highest BCUT2D eigenvalue weighted by molar-refractivity contribution is 5.86. The Bertz CT molecular complexity index is 1340. The summed E-state index contributed by atoms with van der Waals surface area (Å²) in [7, 11) is 0. The van der Waals surface area contributed by atoms with E-state index in [9.17, 15) is 4.79 Å². The van der Waals surface area contributed by atoms with Gasteiger partial charge in [0, 0.05) is 17.6 Å². The average Bonchev–Trinajstić information content (AvgIpc) is 2.73. The number of hydrogen-bond acceptors (Lipinski definition) is 3. The van der Waals surface area contributed by atoms with Crippen LogP contribution >= 0.6 is 0 Å². The molecular formula is C24H15NO2. The number of aromatic nitrogens is 1. The number of nitrogens with zero attached hydrogens (tertiary/aromatic N) is 1. The predicted octanol–water partition coefficient (Wildman–Crippen LogP) is 5.68. The first-order valence-corrected chi connectivity index (χ1v) is 8.76. The summed E-state index contributed by atoms with van der Waals surface area (Å²) in [4.78, 5) is 17.1. The SMILES string of the molecule is O=c1cc(-c2cc3ccccc3cn2)oc2cc(-c3ccccc3)ccc12. The summed E-state index contributed by atoms with van der Waals surface area (Å²) in [5, 5.41) is 2.68. The monoisotopic (exact) mass is 349 g/mol. The highest BCUT2D eigenvalue weighted by Crippen LogP contribution is 2.27. The third kappa shape index (κ3) is 2.79. The Morgan fingerprint density at radius 2 is 1.48 bits per heavy atom. The molecule has 2 heterocycles. The molecule has 2 aromatic heterocycles. The van der Waals surface area contributed by atoms with Gasteiger partial charge in [0.05, 0.1) is 5.39 Å². The molecule has 0 bridgehead atoms. The van der Waals surface area contributed by atoms with E-state index in [-0.39, 0.29) is 5.43 Å². The zero-order chi connectivity index (χ0) is 18.2. The Morgan fingerprint density at radius 3 is 2.33 bits per heavy atom. The lowest BCUT2D eigenvalue weighted by molar-refractivity contribution is 0.616. The van der Waals surface area contributed by atoms with Gasteiger partial charge in [0.15, 0.2) is 11.2 Å². The van der Waals surface area contributed by atoms with E-state index in [1.807, 2.05) is 78.9 Å². The summed E-state index contributed by atoms with van der Waals surface area (Å²) in [5.74, 6) is 0.475. The number of benzene rings is 3. The maximum absolute atomic E-state index is 12.6. The normalized spacial score (nSPS) is 11.1. The Balaban J connectivity index is 1.69. The van der Waals surface area contributed by atoms with Crippen molar-refractivity contribution in [2.75, 3.05) is 0 Å². The molecule has 3 heteroatoms. The molecular weight excluding hydrogens is 334 g/mol. The van der Waals surface area contributed by atoms with E-state index in [1.54, 1.807) is 6.20 Å². The Hall–Kier alpha value is -3.72. The van der Waals surface area contributed by atoms with Crippen LogP contribution in [-0.4, -0.2) is 4.98 Å². The quantitative estimate of drug-likeness (QED) is 0.412. The fraction of sp³-hybridized carbons (Fsp3) is 0. The summed E-state index contributed by atoms with van der Waals surface area (Å²) in [6.07, 6.45) is 1.80. The van der Waals surface area contributed by atoms with Gasteiger partial charge in [-0.25, -0.2) is 0 Å². The number of rotatable bonds is 2. The third-order valence-electron chi connectivity index (χ3n) is 4.72. The van der Waals surface area contributed by atoms with Crippen LogP contribution in [0.4, 0.5) is 0 Å². The minimum atomic E-state index is -0.0687. The van der Waals surface area contributed by atoms with Crippen molar-refractivity contribution in [3.63, 3.8) is 0 Å². The molecule has 0 saturated carbocycles. The molecule has 0 atom stereocenters. The first-order valence-electron chi connectivity index (χ1n) is 8.76. The standard InChI is InChI=1S/C24H15NO2/c26-22-14-24(21-12-17-8-4-5-9-19(17)15-25-21)27-23-13-18(10-11-20(22)23)16-6-2-1-3-7-16/h1-15H. The highest BCUT2D eigenvalue weighted by Gasteiger charge is 2.10. The molecule has 0 unspecified atom stereocenters. The van der Waals surface area contributed by atoms with Gasteiger partial charge in [-0.2, -0.15) is 0 Å². The first-order chi connectivity index (χ1) is 13.3. The molecule has 0 saturated heterocycles. The molecule has 3 nitrogen and oxygen atoms in total. The molecule has 0 amide bonds. The van der Waals surface area contributed by atoms with E-state index in [2.05, 4.69) is 4.98 Å². The van der Waals surface area contributed by atoms with Crippen molar-refractivity contribution in [3.8, 4) is 22.6 Å². The first kappa shape index (κ1) is 15.5. The Kier molecular flexibility index (Phi) is 3.58. The second kappa shape index (κ2) is 6.22. The van der Waals surface area contributed by atoms with Crippen LogP contribution in [-0.2, 0) is 0 Å². The minimum absolute atomic E-state index is 0.0687.